The van der Waals surface area contributed by atoms with Crippen LogP contribution < -0.4 is 10.2 Å². The fraction of sp³-hybridized carbons (Fsp3) is 0.222. The lowest BCUT2D eigenvalue weighted by Crippen LogP contribution is -2.48. The Morgan fingerprint density at radius 3 is 2.28 bits per heavy atom. The summed E-state index contributed by atoms with van der Waals surface area (Å²) in [4.78, 5) is 33.0. The molecule has 0 aromatic heterocycles. The zero-order valence-corrected chi connectivity index (χ0v) is 18.4. The number of benzene rings is 3. The van der Waals surface area contributed by atoms with Crippen LogP contribution >= 0.6 is 0 Å². The molecular formula is C27H27N3O2. The predicted molar refractivity (Wildman–Crippen MR) is 128 cm³/mol. The van der Waals surface area contributed by atoms with Crippen LogP contribution in [0.3, 0.4) is 0 Å². The maximum Gasteiger partial charge on any atom is 0.272 e. The van der Waals surface area contributed by atoms with Gasteiger partial charge >= 0.3 is 0 Å². The maximum absolute atomic E-state index is 13.4. The van der Waals surface area contributed by atoms with Crippen molar-refractivity contribution >= 4 is 23.2 Å². The number of hydrogen-bond donors (Lipinski definition) is 1. The summed E-state index contributed by atoms with van der Waals surface area (Å²) in [7, 11) is 0. The Balaban J connectivity index is 1.68. The minimum absolute atomic E-state index is 0.189. The number of anilines is 1. The van der Waals surface area contributed by atoms with Crippen molar-refractivity contribution in [3.05, 3.63) is 102 Å². The van der Waals surface area contributed by atoms with Crippen molar-refractivity contribution in [2.75, 3.05) is 11.4 Å². The van der Waals surface area contributed by atoms with Gasteiger partial charge in [0.1, 0.15) is 0 Å². The molecule has 3 aromatic carbocycles. The van der Waals surface area contributed by atoms with E-state index >= 15 is 0 Å². The minimum Gasteiger partial charge on any atom is -0.326 e. The lowest BCUT2D eigenvalue weighted by atomic mass is 10.00. The summed E-state index contributed by atoms with van der Waals surface area (Å²) in [5, 5.41) is 2.91. The maximum atomic E-state index is 13.4. The Morgan fingerprint density at radius 1 is 0.969 bits per heavy atom. The number of nitrogens with one attached hydrogen (secondary N) is 1. The van der Waals surface area contributed by atoms with Gasteiger partial charge in [0.25, 0.3) is 5.91 Å². The lowest BCUT2D eigenvalue weighted by molar-refractivity contribution is -0.129. The highest BCUT2D eigenvalue weighted by atomic mass is 16.2. The van der Waals surface area contributed by atoms with Gasteiger partial charge in [-0.2, -0.15) is 0 Å². The molecule has 2 unspecified atom stereocenters. The van der Waals surface area contributed by atoms with Gasteiger partial charge in [-0.25, -0.2) is 4.99 Å². The van der Waals surface area contributed by atoms with Crippen molar-refractivity contribution in [3.8, 4) is 0 Å². The molecule has 0 fully saturated rings. The second-order valence-corrected chi connectivity index (χ2v) is 7.95. The zero-order valence-electron chi connectivity index (χ0n) is 18.4. The predicted octanol–water partition coefficient (Wildman–Crippen LogP) is 4.21. The fourth-order valence-electron chi connectivity index (χ4n) is 4.01. The van der Waals surface area contributed by atoms with Gasteiger partial charge in [-0.05, 0) is 25.0 Å². The second kappa shape index (κ2) is 9.60. The molecule has 3 aromatic rings. The Kier molecular flexibility index (Phi) is 6.45. The fourth-order valence-corrected chi connectivity index (χ4v) is 4.01. The van der Waals surface area contributed by atoms with Gasteiger partial charge in [0.05, 0.1) is 11.4 Å². The highest BCUT2D eigenvalue weighted by molar-refractivity contribution is 6.20. The number of aliphatic imine (C=N–C) groups is 1. The molecule has 0 saturated carbocycles. The van der Waals surface area contributed by atoms with Gasteiger partial charge in [0, 0.05) is 23.6 Å². The average molecular weight is 426 g/mol. The normalized spacial score (nSPS) is 16.6. The van der Waals surface area contributed by atoms with Crippen LogP contribution in [0.5, 0.6) is 0 Å². The summed E-state index contributed by atoms with van der Waals surface area (Å²) >= 11 is 0. The Labute approximate surface area is 188 Å². The highest BCUT2D eigenvalue weighted by Crippen LogP contribution is 2.28. The van der Waals surface area contributed by atoms with Crippen LogP contribution in [0.25, 0.3) is 0 Å². The van der Waals surface area contributed by atoms with Crippen LogP contribution in [-0.4, -0.2) is 30.2 Å². The van der Waals surface area contributed by atoms with E-state index in [2.05, 4.69) is 5.32 Å². The SMILES string of the molecule is CCN1C(=O)C(NC(=O)C(C)Cc2ccccc2)N=C(c2ccccc2)c2ccccc21. The van der Waals surface area contributed by atoms with E-state index in [-0.39, 0.29) is 17.7 Å². The summed E-state index contributed by atoms with van der Waals surface area (Å²) in [6, 6.07) is 27.4. The zero-order chi connectivity index (χ0) is 22.5. The first-order valence-corrected chi connectivity index (χ1v) is 11.0. The topological polar surface area (TPSA) is 61.8 Å². The minimum atomic E-state index is -0.983. The molecule has 5 nitrogen and oxygen atoms in total. The molecule has 5 heteroatoms. The van der Waals surface area contributed by atoms with Crippen molar-refractivity contribution in [1.29, 1.82) is 0 Å². The van der Waals surface area contributed by atoms with E-state index in [4.69, 9.17) is 4.99 Å². The van der Waals surface area contributed by atoms with E-state index in [1.54, 1.807) is 4.90 Å². The first-order chi connectivity index (χ1) is 15.6. The number of benzodiazepines with no additional fused rings is 1. The van der Waals surface area contributed by atoms with Crippen LogP contribution in [0.15, 0.2) is 89.9 Å². The number of fused-ring (bicyclic) bond motifs is 1. The van der Waals surface area contributed by atoms with Crippen LogP contribution in [0.2, 0.25) is 0 Å². The number of amides is 2. The Bertz CT molecular complexity index is 1130. The highest BCUT2D eigenvalue weighted by Gasteiger charge is 2.32. The van der Waals surface area contributed by atoms with E-state index in [9.17, 15) is 9.59 Å². The number of rotatable bonds is 6. The molecule has 0 saturated heterocycles. The molecule has 162 valence electrons. The summed E-state index contributed by atoms with van der Waals surface area (Å²) in [6.45, 7) is 4.29. The van der Waals surface area contributed by atoms with Crippen molar-refractivity contribution in [2.24, 2.45) is 10.9 Å². The van der Waals surface area contributed by atoms with Crippen LogP contribution in [0.4, 0.5) is 5.69 Å². The van der Waals surface area contributed by atoms with Crippen molar-refractivity contribution < 1.29 is 9.59 Å². The Morgan fingerprint density at radius 2 is 1.59 bits per heavy atom. The molecule has 1 aliphatic heterocycles. The number of carbonyl (C=O) groups is 2. The lowest BCUT2D eigenvalue weighted by Gasteiger charge is -2.24. The smallest absolute Gasteiger partial charge is 0.272 e. The first-order valence-electron chi connectivity index (χ1n) is 11.0. The summed E-state index contributed by atoms with van der Waals surface area (Å²) < 4.78 is 0. The van der Waals surface area contributed by atoms with E-state index in [0.717, 1.165) is 22.4 Å². The van der Waals surface area contributed by atoms with E-state index in [1.807, 2.05) is 98.8 Å². The van der Waals surface area contributed by atoms with Crippen molar-refractivity contribution in [3.63, 3.8) is 0 Å². The summed E-state index contributed by atoms with van der Waals surface area (Å²) in [5.41, 5.74) is 4.37. The van der Waals surface area contributed by atoms with Gasteiger partial charge in [-0.3, -0.25) is 9.59 Å². The summed E-state index contributed by atoms with van der Waals surface area (Å²) in [6.07, 6.45) is -0.385. The third kappa shape index (κ3) is 4.47. The van der Waals surface area contributed by atoms with Crippen LogP contribution in [0, 0.1) is 5.92 Å². The molecule has 0 bridgehead atoms. The van der Waals surface area contributed by atoms with Crippen molar-refractivity contribution in [2.45, 2.75) is 26.4 Å². The number of likely N-dealkylation sites (N-methyl/N-ethyl adjacent to an activating group) is 1. The van der Waals surface area contributed by atoms with Crippen molar-refractivity contribution in [1.82, 2.24) is 5.32 Å². The molecule has 1 N–H and O–H groups in total. The molecule has 32 heavy (non-hydrogen) atoms. The molecular weight excluding hydrogens is 398 g/mol. The molecule has 2 amide bonds. The van der Waals surface area contributed by atoms with Gasteiger partial charge in [-0.1, -0.05) is 85.8 Å². The molecule has 4 rings (SSSR count). The van der Waals surface area contributed by atoms with Crippen LogP contribution in [-0.2, 0) is 16.0 Å². The van der Waals surface area contributed by atoms with E-state index in [0.29, 0.717) is 18.7 Å². The largest absolute Gasteiger partial charge is 0.326 e. The third-order valence-corrected chi connectivity index (χ3v) is 5.68. The monoisotopic (exact) mass is 425 g/mol. The summed E-state index contributed by atoms with van der Waals surface area (Å²) in [5.74, 6) is -0.710. The molecule has 1 heterocycles. The van der Waals surface area contributed by atoms with E-state index < -0.39 is 6.17 Å². The third-order valence-electron chi connectivity index (χ3n) is 5.68. The molecule has 0 spiro atoms. The molecule has 0 radical (unpaired) electrons. The average Bonchev–Trinajstić information content (AvgIpc) is 2.94. The van der Waals surface area contributed by atoms with Gasteiger partial charge in [-0.15, -0.1) is 0 Å². The number of carbonyl (C=O) groups excluding carboxylic acids is 2. The second-order valence-electron chi connectivity index (χ2n) is 7.95. The molecule has 2 atom stereocenters. The number of para-hydroxylation sites is 1. The van der Waals surface area contributed by atoms with Gasteiger partial charge in [0.2, 0.25) is 12.1 Å². The van der Waals surface area contributed by atoms with E-state index in [1.165, 1.54) is 0 Å². The standard InChI is InChI=1S/C27H27N3O2/c1-3-30-23-17-11-10-16-22(23)24(21-14-8-5-9-15-21)28-25(27(30)32)29-26(31)19(2)18-20-12-6-4-7-13-20/h4-17,19,25H,3,18H2,1-2H3,(H,29,31). The van der Waals surface area contributed by atoms with Crippen LogP contribution in [0.1, 0.15) is 30.5 Å². The first kappa shape index (κ1) is 21.5. The van der Waals surface area contributed by atoms with Gasteiger partial charge in [0.15, 0.2) is 0 Å². The molecule has 0 aliphatic carbocycles. The number of hydrogen-bond acceptors (Lipinski definition) is 3. The number of nitrogens with zero attached hydrogens (tertiary/aromatic N) is 2. The van der Waals surface area contributed by atoms with Gasteiger partial charge < -0.3 is 10.2 Å². The quantitative estimate of drug-likeness (QED) is 0.643. The molecule has 1 aliphatic rings. The Hall–Kier alpha value is -3.73.